The van der Waals surface area contributed by atoms with Crippen molar-refractivity contribution in [2.24, 2.45) is 0 Å². The Morgan fingerprint density at radius 3 is 2.23 bits per heavy atom. The molecule has 0 aliphatic carbocycles. The zero-order valence-electron chi connectivity index (χ0n) is 8.12. The predicted octanol–water partition coefficient (Wildman–Crippen LogP) is 2.80. The summed E-state index contributed by atoms with van der Waals surface area (Å²) in [5, 5.41) is 2.67. The Morgan fingerprint density at radius 1 is 0.846 bits per heavy atom. The second-order valence-corrected chi connectivity index (χ2v) is 3.76. The van der Waals surface area contributed by atoms with Crippen LogP contribution < -0.4 is 5.46 Å². The monoisotopic (exact) mass is 168 g/mol. The molecule has 0 fully saturated rings. The van der Waals surface area contributed by atoms with Crippen molar-refractivity contribution >= 4 is 22.9 Å². The Kier molecular flexibility index (Phi) is 2.09. The molecule has 2 aromatic carbocycles. The van der Waals surface area contributed by atoms with E-state index in [-0.39, 0.29) is 0 Å². The highest BCUT2D eigenvalue weighted by molar-refractivity contribution is 6.70. The first-order valence-electron chi connectivity index (χ1n) is 4.76. The van der Waals surface area contributed by atoms with Gasteiger partial charge in [-0.2, -0.15) is 0 Å². The molecule has 0 N–H and O–H groups in total. The fourth-order valence-corrected chi connectivity index (χ4v) is 1.57. The lowest BCUT2D eigenvalue weighted by Gasteiger charge is -2.03. The van der Waals surface area contributed by atoms with Gasteiger partial charge in [0.15, 0.2) is 6.71 Å². The molecule has 13 heavy (non-hydrogen) atoms. The van der Waals surface area contributed by atoms with Gasteiger partial charge in [-0.15, -0.1) is 0 Å². The fraction of sp³-hybridized carbons (Fsp3) is 0.167. The van der Waals surface area contributed by atoms with E-state index in [1.807, 2.05) is 0 Å². The second kappa shape index (κ2) is 3.25. The summed E-state index contributed by atoms with van der Waals surface area (Å²) in [6.07, 6.45) is 0. The molecule has 0 aliphatic rings. The molecule has 0 unspecified atom stereocenters. The molecular weight excluding hydrogens is 155 g/mol. The molecule has 0 nitrogen and oxygen atoms in total. The van der Waals surface area contributed by atoms with Gasteiger partial charge < -0.3 is 0 Å². The Hall–Kier alpha value is -1.24. The van der Waals surface area contributed by atoms with Gasteiger partial charge in [0.1, 0.15) is 0 Å². The quantitative estimate of drug-likeness (QED) is 0.574. The Morgan fingerprint density at radius 2 is 1.54 bits per heavy atom. The topological polar surface area (TPSA) is 0 Å². The summed E-state index contributed by atoms with van der Waals surface area (Å²) < 4.78 is 0. The highest BCUT2D eigenvalue weighted by Crippen LogP contribution is 2.11. The minimum absolute atomic E-state index is 0.615. The lowest BCUT2D eigenvalue weighted by molar-refractivity contribution is 1.76. The number of fused-ring (bicyclic) bond motifs is 1. The van der Waals surface area contributed by atoms with Crippen LogP contribution in [0.4, 0.5) is 0 Å². The van der Waals surface area contributed by atoms with Crippen LogP contribution in [-0.2, 0) is 0 Å². The van der Waals surface area contributed by atoms with Crippen LogP contribution in [0.3, 0.4) is 0 Å². The lowest BCUT2D eigenvalue weighted by Crippen LogP contribution is -2.21. The van der Waals surface area contributed by atoms with Crippen LogP contribution in [0.25, 0.3) is 10.8 Å². The minimum atomic E-state index is 0.615. The maximum atomic E-state index is 2.28. The molecule has 0 aliphatic heterocycles. The summed E-state index contributed by atoms with van der Waals surface area (Å²) in [4.78, 5) is 0. The molecule has 1 heteroatoms. The number of benzene rings is 2. The molecule has 0 aromatic heterocycles. The number of hydrogen-bond donors (Lipinski definition) is 0. The van der Waals surface area contributed by atoms with Crippen molar-refractivity contribution in [1.29, 1.82) is 0 Å². The van der Waals surface area contributed by atoms with E-state index in [2.05, 4.69) is 56.1 Å². The maximum Gasteiger partial charge on any atom is 0.169 e. The molecule has 0 spiro atoms. The summed E-state index contributed by atoms with van der Waals surface area (Å²) in [6.45, 7) is 5.07. The molecule has 0 saturated carbocycles. The van der Waals surface area contributed by atoms with Gasteiger partial charge in [-0.05, 0) is 10.8 Å². The second-order valence-electron chi connectivity index (χ2n) is 3.76. The van der Waals surface area contributed by atoms with E-state index in [0.717, 1.165) is 0 Å². The fourth-order valence-electron chi connectivity index (χ4n) is 1.57. The summed E-state index contributed by atoms with van der Waals surface area (Å²) in [6, 6.07) is 15.2. The highest BCUT2D eigenvalue weighted by Gasteiger charge is 2.02. The average molecular weight is 168 g/mol. The molecule has 0 saturated heterocycles. The summed E-state index contributed by atoms with van der Waals surface area (Å²) in [5.74, 6) is 0. The van der Waals surface area contributed by atoms with Crippen LogP contribution in [0.1, 0.15) is 0 Å². The van der Waals surface area contributed by atoms with Crippen molar-refractivity contribution < 1.29 is 0 Å². The van der Waals surface area contributed by atoms with Gasteiger partial charge in [-0.1, -0.05) is 61.6 Å². The third-order valence-electron chi connectivity index (χ3n) is 2.44. The van der Waals surface area contributed by atoms with E-state index >= 15 is 0 Å². The number of rotatable bonds is 1. The van der Waals surface area contributed by atoms with Crippen LogP contribution in [0.5, 0.6) is 0 Å². The Labute approximate surface area is 79.7 Å². The summed E-state index contributed by atoms with van der Waals surface area (Å²) in [5.41, 5.74) is 1.42. The van der Waals surface area contributed by atoms with E-state index in [0.29, 0.717) is 6.71 Å². The van der Waals surface area contributed by atoms with E-state index in [9.17, 15) is 0 Å². The predicted molar refractivity (Wildman–Crippen MR) is 61.1 cm³/mol. The molecule has 2 aromatic rings. The zero-order chi connectivity index (χ0) is 9.26. The van der Waals surface area contributed by atoms with Crippen molar-refractivity contribution in [3.8, 4) is 0 Å². The molecule has 0 heterocycles. The maximum absolute atomic E-state index is 2.28. The van der Waals surface area contributed by atoms with E-state index in [1.54, 1.807) is 0 Å². The SMILES string of the molecule is CB(C)c1ccc2ccccc2c1. The highest BCUT2D eigenvalue weighted by atomic mass is 13.9. The van der Waals surface area contributed by atoms with Gasteiger partial charge in [-0.3, -0.25) is 0 Å². The van der Waals surface area contributed by atoms with Crippen molar-refractivity contribution in [2.45, 2.75) is 13.6 Å². The molecule has 0 amide bonds. The number of hydrogen-bond acceptors (Lipinski definition) is 0. The van der Waals surface area contributed by atoms with Crippen LogP contribution >= 0.6 is 0 Å². The van der Waals surface area contributed by atoms with Gasteiger partial charge in [0.25, 0.3) is 0 Å². The van der Waals surface area contributed by atoms with E-state index in [4.69, 9.17) is 0 Å². The van der Waals surface area contributed by atoms with Crippen LogP contribution in [-0.4, -0.2) is 6.71 Å². The van der Waals surface area contributed by atoms with Gasteiger partial charge in [0, 0.05) is 0 Å². The average Bonchev–Trinajstić information content (AvgIpc) is 2.17. The Bertz CT molecular complexity index is 418. The van der Waals surface area contributed by atoms with Gasteiger partial charge in [0.2, 0.25) is 0 Å². The molecular formula is C12H13B. The van der Waals surface area contributed by atoms with Crippen molar-refractivity contribution in [1.82, 2.24) is 0 Å². The van der Waals surface area contributed by atoms with Crippen LogP contribution in [0.15, 0.2) is 42.5 Å². The van der Waals surface area contributed by atoms with E-state index < -0.39 is 0 Å². The molecule has 0 bridgehead atoms. The third-order valence-corrected chi connectivity index (χ3v) is 2.44. The van der Waals surface area contributed by atoms with E-state index in [1.165, 1.54) is 16.2 Å². The zero-order valence-corrected chi connectivity index (χ0v) is 8.12. The molecule has 64 valence electrons. The van der Waals surface area contributed by atoms with Gasteiger partial charge >= 0.3 is 0 Å². The van der Waals surface area contributed by atoms with Crippen molar-refractivity contribution in [3.63, 3.8) is 0 Å². The lowest BCUT2D eigenvalue weighted by atomic mass is 9.49. The molecule has 2 rings (SSSR count). The van der Waals surface area contributed by atoms with Crippen LogP contribution in [0.2, 0.25) is 13.6 Å². The van der Waals surface area contributed by atoms with Gasteiger partial charge in [-0.25, -0.2) is 0 Å². The Balaban J connectivity index is 2.62. The first kappa shape index (κ1) is 8.37. The summed E-state index contributed by atoms with van der Waals surface area (Å²) in [7, 11) is 0. The third kappa shape index (κ3) is 1.60. The first-order valence-corrected chi connectivity index (χ1v) is 4.76. The largest absolute Gasteiger partial charge is 0.169 e. The van der Waals surface area contributed by atoms with Crippen molar-refractivity contribution in [3.05, 3.63) is 42.5 Å². The summed E-state index contributed by atoms with van der Waals surface area (Å²) >= 11 is 0. The molecule has 0 atom stereocenters. The van der Waals surface area contributed by atoms with Crippen molar-refractivity contribution in [2.75, 3.05) is 0 Å². The minimum Gasteiger partial charge on any atom is -0.0819 e. The van der Waals surface area contributed by atoms with Gasteiger partial charge in [0.05, 0.1) is 0 Å². The smallest absolute Gasteiger partial charge is 0.0819 e. The molecule has 0 radical (unpaired) electrons. The first-order chi connectivity index (χ1) is 6.27. The normalized spacial score (nSPS) is 10.3. The standard InChI is InChI=1S/C12H13B/c1-13(2)12-8-7-10-5-3-4-6-11(10)9-12/h3-9H,1-2H3. The van der Waals surface area contributed by atoms with Crippen LogP contribution in [0, 0.1) is 0 Å².